The van der Waals surface area contributed by atoms with E-state index in [1.54, 1.807) is 25.3 Å². The van der Waals surface area contributed by atoms with Crippen LogP contribution in [0, 0.1) is 29.6 Å². The van der Waals surface area contributed by atoms with Crippen molar-refractivity contribution < 1.29 is 43.2 Å². The molecule has 5 rings (SSSR count). The van der Waals surface area contributed by atoms with Gasteiger partial charge in [-0.05, 0) is 44.4 Å². The van der Waals surface area contributed by atoms with E-state index in [0.717, 1.165) is 12.0 Å². The molecule has 3 N–H and O–H groups in total. The molecule has 1 unspecified atom stereocenters. The van der Waals surface area contributed by atoms with Crippen LogP contribution in [0.2, 0.25) is 0 Å². The SMILES string of the molecule is CCCNC(=O)OC(C)[C@H]1OC(=O)[C@@H](OC)C[C@H]2C=C[C@H]3[C@H]4O[C@]2(/C(C)=C/[C@H]1C)[C@@H]3[C@H](O)[C@@H](C)[C@H]4OC(=O)c1ccc[nH]1. The zero-order valence-corrected chi connectivity index (χ0v) is 25.6. The van der Waals surface area contributed by atoms with Crippen molar-refractivity contribution in [3.8, 4) is 0 Å². The lowest BCUT2D eigenvalue weighted by atomic mass is 9.57. The van der Waals surface area contributed by atoms with E-state index < -0.39 is 66.2 Å². The Kier molecular flexibility index (Phi) is 9.06. The summed E-state index contributed by atoms with van der Waals surface area (Å²) in [5.74, 6) is -2.73. The van der Waals surface area contributed by atoms with Gasteiger partial charge in [0.25, 0.3) is 0 Å². The molecule has 2 fully saturated rings. The van der Waals surface area contributed by atoms with E-state index in [-0.39, 0.29) is 30.1 Å². The number of aromatic amines is 1. The minimum Gasteiger partial charge on any atom is -0.456 e. The van der Waals surface area contributed by atoms with Gasteiger partial charge in [-0.15, -0.1) is 0 Å². The zero-order valence-electron chi connectivity index (χ0n) is 25.6. The van der Waals surface area contributed by atoms with Crippen molar-refractivity contribution in [3.63, 3.8) is 0 Å². The molecule has 1 amide bonds. The van der Waals surface area contributed by atoms with E-state index in [2.05, 4.69) is 10.3 Å². The third-order valence-electron chi connectivity index (χ3n) is 9.74. The minimum atomic E-state index is -0.985. The number of H-pyrrole nitrogens is 1. The summed E-state index contributed by atoms with van der Waals surface area (Å²) in [5, 5.41) is 14.5. The van der Waals surface area contributed by atoms with Crippen molar-refractivity contribution >= 4 is 18.0 Å². The molecule has 4 bridgehead atoms. The van der Waals surface area contributed by atoms with Gasteiger partial charge in [-0.1, -0.05) is 39.0 Å². The molecule has 11 heteroatoms. The van der Waals surface area contributed by atoms with E-state index >= 15 is 0 Å². The third kappa shape index (κ3) is 5.51. The smallest absolute Gasteiger partial charge is 0.407 e. The van der Waals surface area contributed by atoms with E-state index in [1.807, 2.05) is 45.9 Å². The van der Waals surface area contributed by atoms with E-state index in [4.69, 9.17) is 23.7 Å². The molecule has 0 radical (unpaired) electrons. The molecule has 0 aromatic carbocycles. The highest BCUT2D eigenvalue weighted by molar-refractivity contribution is 5.87. The quantitative estimate of drug-likeness (QED) is 0.243. The van der Waals surface area contributed by atoms with E-state index in [1.165, 1.54) is 7.11 Å². The number of aliphatic hydroxyl groups excluding tert-OH is 1. The summed E-state index contributed by atoms with van der Waals surface area (Å²) in [7, 11) is 1.46. The van der Waals surface area contributed by atoms with Crippen LogP contribution in [-0.2, 0) is 28.5 Å². The molecule has 1 saturated carbocycles. The lowest BCUT2D eigenvalue weighted by molar-refractivity contribution is -0.172. The number of nitrogens with one attached hydrogen (secondary N) is 2. The average molecular weight is 601 g/mol. The Balaban J connectivity index is 1.51. The molecule has 236 valence electrons. The van der Waals surface area contributed by atoms with Crippen molar-refractivity contribution in [2.45, 2.75) is 89.7 Å². The number of ether oxygens (including phenoxy) is 5. The number of amides is 1. The van der Waals surface area contributed by atoms with Crippen LogP contribution in [0.1, 0.15) is 57.9 Å². The first-order valence-corrected chi connectivity index (χ1v) is 15.3. The van der Waals surface area contributed by atoms with Crippen molar-refractivity contribution in [1.29, 1.82) is 0 Å². The van der Waals surface area contributed by atoms with Crippen LogP contribution in [0.5, 0.6) is 0 Å². The van der Waals surface area contributed by atoms with Crippen LogP contribution in [0.4, 0.5) is 4.79 Å². The van der Waals surface area contributed by atoms with Crippen LogP contribution < -0.4 is 5.32 Å². The van der Waals surface area contributed by atoms with Gasteiger partial charge in [0.1, 0.15) is 35.7 Å². The second kappa shape index (κ2) is 12.5. The summed E-state index contributed by atoms with van der Waals surface area (Å²) >= 11 is 0. The maximum absolute atomic E-state index is 13.5. The second-order valence-electron chi connectivity index (χ2n) is 12.4. The monoisotopic (exact) mass is 600 g/mol. The molecule has 12 atom stereocenters. The Hall–Kier alpha value is -3.15. The highest BCUT2D eigenvalue weighted by Crippen LogP contribution is 2.61. The van der Waals surface area contributed by atoms with Crippen LogP contribution in [0.25, 0.3) is 0 Å². The van der Waals surface area contributed by atoms with Crippen LogP contribution in [-0.4, -0.2) is 84.0 Å². The molecule has 11 nitrogen and oxygen atoms in total. The summed E-state index contributed by atoms with van der Waals surface area (Å²) < 4.78 is 30.2. The Morgan fingerprint density at radius 1 is 1.28 bits per heavy atom. The molecular formula is C32H44N2O9. The number of hydrogen-bond donors (Lipinski definition) is 3. The minimum absolute atomic E-state index is 0.209. The molecule has 2 aliphatic heterocycles. The predicted octanol–water partition coefficient (Wildman–Crippen LogP) is 3.54. The fourth-order valence-electron chi connectivity index (χ4n) is 7.63. The van der Waals surface area contributed by atoms with Crippen LogP contribution in [0.15, 0.2) is 42.1 Å². The Morgan fingerprint density at radius 3 is 2.72 bits per heavy atom. The predicted molar refractivity (Wildman–Crippen MR) is 155 cm³/mol. The molecule has 43 heavy (non-hydrogen) atoms. The molecule has 2 aliphatic carbocycles. The Labute approximate surface area is 252 Å². The highest BCUT2D eigenvalue weighted by Gasteiger charge is 2.69. The number of alkyl carbamates (subject to hydrolysis) is 1. The first-order valence-electron chi connectivity index (χ1n) is 15.3. The van der Waals surface area contributed by atoms with Gasteiger partial charge in [-0.25, -0.2) is 14.4 Å². The molecular weight excluding hydrogens is 556 g/mol. The number of hydrogen-bond acceptors (Lipinski definition) is 9. The summed E-state index contributed by atoms with van der Waals surface area (Å²) in [6, 6.07) is 3.37. The average Bonchev–Trinajstić information content (AvgIpc) is 3.58. The molecule has 1 saturated heterocycles. The summed E-state index contributed by atoms with van der Waals surface area (Å²) in [6.07, 6.45) is 3.62. The fourth-order valence-corrected chi connectivity index (χ4v) is 7.63. The number of esters is 2. The molecule has 1 aromatic rings. The molecule has 3 heterocycles. The summed E-state index contributed by atoms with van der Waals surface area (Å²) in [4.78, 5) is 41.7. The lowest BCUT2D eigenvalue weighted by Crippen LogP contribution is -2.57. The first kappa shape index (κ1) is 31.3. The zero-order chi connectivity index (χ0) is 31.1. The van der Waals surface area contributed by atoms with Crippen molar-refractivity contribution in [1.82, 2.24) is 10.3 Å². The Morgan fingerprint density at radius 2 is 2.05 bits per heavy atom. The maximum Gasteiger partial charge on any atom is 0.407 e. The van der Waals surface area contributed by atoms with Crippen LogP contribution in [0.3, 0.4) is 0 Å². The first-order chi connectivity index (χ1) is 20.5. The highest BCUT2D eigenvalue weighted by atomic mass is 16.6. The number of cyclic esters (lactones) is 1. The molecule has 1 spiro atoms. The Bertz CT molecular complexity index is 1250. The lowest BCUT2D eigenvalue weighted by Gasteiger charge is -2.48. The normalized spacial score (nSPS) is 40.3. The standard InChI is InChI=1S/C32H44N2O9/c1-7-12-34-31(38)40-19(5)26-16(2)14-17(3)32-20(15-23(39-6)30(37)41-26)10-11-21-24(32)25(35)18(4)27(28(21)43-32)42-29(36)22-9-8-13-33-22/h8-11,13-14,16,18-21,23-28,33,35H,7,12,15H2,1-6H3,(H,34,38)/b17-14+/t16-,18-,19?,20-,21-,23+,24+,25-,26+,27-,28-,32+/m1/s1. The van der Waals surface area contributed by atoms with Gasteiger partial charge >= 0.3 is 18.0 Å². The van der Waals surface area contributed by atoms with Crippen molar-refractivity contribution in [2.24, 2.45) is 29.6 Å². The number of carbonyl (C=O) groups excluding carboxylic acids is 3. The third-order valence-corrected chi connectivity index (χ3v) is 9.74. The van der Waals surface area contributed by atoms with Crippen LogP contribution >= 0.6 is 0 Å². The van der Waals surface area contributed by atoms with Gasteiger partial charge in [-0.3, -0.25) is 0 Å². The van der Waals surface area contributed by atoms with Gasteiger partial charge in [0.05, 0.1) is 6.10 Å². The number of rotatable bonds is 7. The second-order valence-corrected chi connectivity index (χ2v) is 12.4. The van der Waals surface area contributed by atoms with Gasteiger partial charge in [0.2, 0.25) is 0 Å². The van der Waals surface area contributed by atoms with Gasteiger partial charge in [-0.2, -0.15) is 0 Å². The van der Waals surface area contributed by atoms with E-state index in [9.17, 15) is 19.5 Å². The summed E-state index contributed by atoms with van der Waals surface area (Å²) in [5.41, 5.74) is 0.211. The van der Waals surface area contributed by atoms with E-state index in [0.29, 0.717) is 12.2 Å². The fraction of sp³-hybridized carbons (Fsp3) is 0.656. The number of methoxy groups -OCH3 is 1. The largest absolute Gasteiger partial charge is 0.456 e. The van der Waals surface area contributed by atoms with Gasteiger partial charge in [0, 0.05) is 49.4 Å². The maximum atomic E-state index is 13.5. The molecule has 4 aliphatic rings. The van der Waals surface area contributed by atoms with Crippen molar-refractivity contribution in [2.75, 3.05) is 13.7 Å². The number of aromatic nitrogens is 1. The summed E-state index contributed by atoms with van der Waals surface area (Å²) in [6.45, 7) is 9.86. The number of carbonyl (C=O) groups is 3. The topological polar surface area (TPSA) is 145 Å². The molecule has 1 aromatic heterocycles. The van der Waals surface area contributed by atoms with Crippen molar-refractivity contribution in [3.05, 3.63) is 47.8 Å². The number of aliphatic hydroxyl groups is 1. The van der Waals surface area contributed by atoms with Gasteiger partial charge in [0.15, 0.2) is 6.10 Å². The van der Waals surface area contributed by atoms with Gasteiger partial charge < -0.3 is 39.1 Å².